The van der Waals surface area contributed by atoms with E-state index in [0.717, 1.165) is 22.6 Å². The average molecular weight is 543 g/mol. The molecule has 0 aliphatic heterocycles. The minimum atomic E-state index is 0.194. The molecule has 4 rings (SSSR count). The topological polar surface area (TPSA) is 34.1 Å². The summed E-state index contributed by atoms with van der Waals surface area (Å²) in [5.41, 5.74) is 3.91. The average Bonchev–Trinajstić information content (AvgIpc) is 2.91. The number of hydrogen-bond acceptors (Lipinski definition) is 5. The Hall–Kier alpha value is -2.73. The Labute approximate surface area is 232 Å². The summed E-state index contributed by atoms with van der Waals surface area (Å²) in [4.78, 5) is 29.4. The monoisotopic (exact) mass is 542 g/mol. The van der Waals surface area contributed by atoms with Gasteiger partial charge in [-0.3, -0.25) is 9.59 Å². The number of carbonyl (C=O) groups is 2. The molecule has 0 fully saturated rings. The molecule has 0 spiro atoms. The van der Waals surface area contributed by atoms with E-state index in [9.17, 15) is 9.59 Å². The van der Waals surface area contributed by atoms with E-state index in [4.69, 9.17) is 0 Å². The van der Waals surface area contributed by atoms with E-state index in [1.165, 1.54) is 30.7 Å². The van der Waals surface area contributed by atoms with Crippen LogP contribution < -0.4 is 0 Å². The molecule has 0 bridgehead atoms. The van der Waals surface area contributed by atoms with E-state index in [1.807, 2.05) is 62.4 Å². The van der Waals surface area contributed by atoms with Gasteiger partial charge in [-0.25, -0.2) is 0 Å². The quantitative estimate of drug-likeness (QED) is 0.132. The molecule has 4 aromatic rings. The van der Waals surface area contributed by atoms with Crippen LogP contribution in [0.1, 0.15) is 44.7 Å². The van der Waals surface area contributed by atoms with Gasteiger partial charge in [0.15, 0.2) is 11.6 Å². The maximum absolute atomic E-state index is 12.4. The molecule has 0 saturated heterocycles. The predicted octanol–water partition coefficient (Wildman–Crippen LogP) is 9.18. The SMILES string of the molecule is Cc1ccc(C(=O)CCSc2ccc(Sc3ccc(SCCC(=O)c4ccc(C)cc4)cc3)cc2)cc1. The van der Waals surface area contributed by atoms with Gasteiger partial charge in [0.1, 0.15) is 0 Å². The Bertz CT molecular complexity index is 1210. The van der Waals surface area contributed by atoms with Crippen LogP contribution in [0.4, 0.5) is 0 Å². The number of ketones is 2. The smallest absolute Gasteiger partial charge is 0.163 e. The molecular formula is C32H30O2S3. The fourth-order valence-corrected chi connectivity index (χ4v) is 6.15. The van der Waals surface area contributed by atoms with Crippen LogP contribution in [0.25, 0.3) is 0 Å². The van der Waals surface area contributed by atoms with Crippen molar-refractivity contribution in [2.24, 2.45) is 0 Å². The van der Waals surface area contributed by atoms with Crippen molar-refractivity contribution in [3.8, 4) is 0 Å². The minimum Gasteiger partial charge on any atom is -0.294 e. The number of Topliss-reactive ketones (excluding diaryl/α,β-unsaturated/α-hetero) is 2. The zero-order valence-corrected chi connectivity index (χ0v) is 23.6. The van der Waals surface area contributed by atoms with Crippen LogP contribution in [0.15, 0.2) is 117 Å². The van der Waals surface area contributed by atoms with Gasteiger partial charge in [0.25, 0.3) is 0 Å². The second kappa shape index (κ2) is 13.7. The molecule has 0 atom stereocenters. The summed E-state index contributed by atoms with van der Waals surface area (Å²) >= 11 is 5.16. The summed E-state index contributed by atoms with van der Waals surface area (Å²) in [6, 6.07) is 32.6. The van der Waals surface area contributed by atoms with E-state index >= 15 is 0 Å². The van der Waals surface area contributed by atoms with Gasteiger partial charge in [0.05, 0.1) is 0 Å². The molecule has 0 N–H and O–H groups in total. The first-order valence-corrected chi connectivity index (χ1v) is 15.1. The molecule has 0 radical (unpaired) electrons. The first-order valence-electron chi connectivity index (χ1n) is 12.3. The Morgan fingerprint density at radius 3 is 1.16 bits per heavy atom. The summed E-state index contributed by atoms with van der Waals surface area (Å²) in [5, 5.41) is 0. The predicted molar refractivity (Wildman–Crippen MR) is 159 cm³/mol. The standard InChI is InChI=1S/C32H30O2S3/c1-23-3-7-25(8-4-23)31(33)19-21-35-27-11-15-29(16-12-27)37-30-17-13-28(14-18-30)36-22-20-32(34)26-9-5-24(2)6-10-26/h3-18H,19-22H2,1-2H3. The Morgan fingerprint density at radius 1 is 0.486 bits per heavy atom. The van der Waals surface area contributed by atoms with Crippen molar-refractivity contribution in [3.05, 3.63) is 119 Å². The van der Waals surface area contributed by atoms with E-state index in [-0.39, 0.29) is 11.6 Å². The molecule has 0 unspecified atom stereocenters. The van der Waals surface area contributed by atoms with Crippen molar-refractivity contribution in [3.63, 3.8) is 0 Å². The Balaban J connectivity index is 1.19. The Kier molecular flexibility index (Phi) is 10.1. The molecule has 37 heavy (non-hydrogen) atoms. The fraction of sp³-hybridized carbons (Fsp3) is 0.188. The summed E-state index contributed by atoms with van der Waals surface area (Å²) in [6.07, 6.45) is 1.07. The van der Waals surface area contributed by atoms with Crippen molar-refractivity contribution in [1.82, 2.24) is 0 Å². The molecule has 0 saturated carbocycles. The lowest BCUT2D eigenvalue weighted by molar-refractivity contribution is 0.0981. The summed E-state index contributed by atoms with van der Waals surface area (Å²) in [5.74, 6) is 1.93. The van der Waals surface area contributed by atoms with Gasteiger partial charge in [0, 0.05) is 55.1 Å². The maximum Gasteiger partial charge on any atom is 0.163 e. The molecule has 0 aliphatic carbocycles. The fourth-order valence-electron chi connectivity index (χ4n) is 3.63. The van der Waals surface area contributed by atoms with Gasteiger partial charge in [-0.15, -0.1) is 23.5 Å². The molecule has 5 heteroatoms. The normalized spacial score (nSPS) is 10.9. The molecule has 0 aliphatic rings. The zero-order chi connectivity index (χ0) is 26.0. The lowest BCUT2D eigenvalue weighted by atomic mass is 10.1. The number of carbonyl (C=O) groups excluding carboxylic acids is 2. The second-order valence-electron chi connectivity index (χ2n) is 8.82. The molecule has 0 heterocycles. The highest BCUT2D eigenvalue weighted by Gasteiger charge is 2.07. The lowest BCUT2D eigenvalue weighted by Gasteiger charge is -2.06. The largest absolute Gasteiger partial charge is 0.294 e. The van der Waals surface area contributed by atoms with Crippen LogP contribution in [-0.4, -0.2) is 23.1 Å². The first-order chi connectivity index (χ1) is 18.0. The molecule has 0 aromatic heterocycles. The zero-order valence-electron chi connectivity index (χ0n) is 21.1. The van der Waals surface area contributed by atoms with Crippen LogP contribution in [0, 0.1) is 13.8 Å². The van der Waals surface area contributed by atoms with Gasteiger partial charge in [-0.05, 0) is 62.4 Å². The number of thioether (sulfide) groups is 2. The highest BCUT2D eigenvalue weighted by atomic mass is 32.2. The van der Waals surface area contributed by atoms with Crippen molar-refractivity contribution < 1.29 is 9.59 Å². The Morgan fingerprint density at radius 2 is 0.811 bits per heavy atom. The molecule has 188 valence electrons. The van der Waals surface area contributed by atoms with Crippen LogP contribution in [-0.2, 0) is 0 Å². The maximum atomic E-state index is 12.4. The van der Waals surface area contributed by atoms with Gasteiger partial charge < -0.3 is 0 Å². The lowest BCUT2D eigenvalue weighted by Crippen LogP contribution is -2.00. The van der Waals surface area contributed by atoms with E-state index in [1.54, 1.807) is 35.3 Å². The molecule has 0 amide bonds. The third-order valence-corrected chi connectivity index (χ3v) is 8.87. The second-order valence-corrected chi connectivity index (χ2v) is 12.3. The van der Waals surface area contributed by atoms with Crippen LogP contribution in [0.3, 0.4) is 0 Å². The summed E-state index contributed by atoms with van der Waals surface area (Å²) in [7, 11) is 0. The highest BCUT2D eigenvalue weighted by Crippen LogP contribution is 2.31. The number of hydrogen-bond donors (Lipinski definition) is 0. The van der Waals surface area contributed by atoms with Gasteiger partial charge in [-0.1, -0.05) is 71.4 Å². The number of aryl methyl sites for hydroxylation is 2. The highest BCUT2D eigenvalue weighted by molar-refractivity contribution is 8.00. The van der Waals surface area contributed by atoms with E-state index in [0.29, 0.717) is 12.8 Å². The third kappa shape index (κ3) is 8.67. The van der Waals surface area contributed by atoms with Gasteiger partial charge >= 0.3 is 0 Å². The molecule has 4 aromatic carbocycles. The van der Waals surface area contributed by atoms with Gasteiger partial charge in [0.2, 0.25) is 0 Å². The van der Waals surface area contributed by atoms with E-state index in [2.05, 4.69) is 48.5 Å². The van der Waals surface area contributed by atoms with E-state index < -0.39 is 0 Å². The van der Waals surface area contributed by atoms with Crippen molar-refractivity contribution >= 4 is 46.9 Å². The summed E-state index contributed by atoms with van der Waals surface area (Å²) < 4.78 is 0. The number of benzene rings is 4. The van der Waals surface area contributed by atoms with Crippen LogP contribution in [0.2, 0.25) is 0 Å². The van der Waals surface area contributed by atoms with Gasteiger partial charge in [-0.2, -0.15) is 0 Å². The van der Waals surface area contributed by atoms with Crippen LogP contribution >= 0.6 is 35.3 Å². The van der Waals surface area contributed by atoms with Crippen LogP contribution in [0.5, 0.6) is 0 Å². The van der Waals surface area contributed by atoms with Crippen molar-refractivity contribution in [1.29, 1.82) is 0 Å². The molecule has 2 nitrogen and oxygen atoms in total. The third-order valence-electron chi connectivity index (χ3n) is 5.83. The first kappa shape index (κ1) is 27.3. The van der Waals surface area contributed by atoms with Crippen molar-refractivity contribution in [2.45, 2.75) is 46.3 Å². The minimum absolute atomic E-state index is 0.194. The summed E-state index contributed by atoms with van der Waals surface area (Å²) in [6.45, 7) is 4.06. The van der Waals surface area contributed by atoms with Crippen molar-refractivity contribution in [2.75, 3.05) is 11.5 Å². The molecular weight excluding hydrogens is 513 g/mol. The number of rotatable bonds is 12.